The van der Waals surface area contributed by atoms with Gasteiger partial charge in [0, 0.05) is 0 Å². The molecular formula is C15H22O3. The lowest BCUT2D eigenvalue weighted by molar-refractivity contribution is -0.256. The summed E-state index contributed by atoms with van der Waals surface area (Å²) < 4.78 is 0. The fourth-order valence-corrected chi connectivity index (χ4v) is 2.12. The molecule has 0 saturated heterocycles. The quantitative estimate of drug-likeness (QED) is 0.547. The Hall–Kier alpha value is -1.35. The van der Waals surface area contributed by atoms with E-state index in [0.29, 0.717) is 6.42 Å². The molecule has 0 spiro atoms. The molecule has 0 aliphatic heterocycles. The van der Waals surface area contributed by atoms with Gasteiger partial charge in [0.05, 0.1) is 13.0 Å². The Bertz CT molecular complexity index is 374. The van der Waals surface area contributed by atoms with E-state index in [4.69, 9.17) is 0 Å². The van der Waals surface area contributed by atoms with E-state index in [1.165, 1.54) is 12.7 Å². The molecular weight excluding hydrogens is 228 g/mol. The predicted molar refractivity (Wildman–Crippen MR) is 71.2 cm³/mol. The van der Waals surface area contributed by atoms with Gasteiger partial charge in [-0.3, -0.25) is 4.89 Å². The molecule has 0 aliphatic rings. The van der Waals surface area contributed by atoms with E-state index in [9.17, 15) is 4.79 Å². The molecule has 3 nitrogen and oxygen atoms in total. The Morgan fingerprint density at radius 3 is 2.61 bits per heavy atom. The van der Waals surface area contributed by atoms with Crippen molar-refractivity contribution in [1.82, 2.24) is 0 Å². The van der Waals surface area contributed by atoms with Crippen LogP contribution in [0.15, 0.2) is 24.3 Å². The summed E-state index contributed by atoms with van der Waals surface area (Å²) in [4.78, 5) is 21.0. The van der Waals surface area contributed by atoms with Crippen LogP contribution in [-0.4, -0.2) is 13.1 Å². The van der Waals surface area contributed by atoms with Crippen LogP contribution >= 0.6 is 0 Å². The zero-order valence-corrected chi connectivity index (χ0v) is 11.4. The SMILES string of the molecule is CCCCc1ccccc1C(CC)C(=O)OOC. The Balaban J connectivity index is 2.93. The lowest BCUT2D eigenvalue weighted by Gasteiger charge is -2.16. The number of benzene rings is 1. The molecule has 1 atom stereocenters. The van der Waals surface area contributed by atoms with Gasteiger partial charge in [-0.15, -0.1) is 0 Å². The number of carbonyl (C=O) groups excluding carboxylic acids is 1. The first-order chi connectivity index (χ1) is 8.74. The van der Waals surface area contributed by atoms with E-state index < -0.39 is 0 Å². The minimum absolute atomic E-state index is 0.238. The molecule has 1 rings (SSSR count). The highest BCUT2D eigenvalue weighted by Crippen LogP contribution is 2.26. The summed E-state index contributed by atoms with van der Waals surface area (Å²) in [6.45, 7) is 4.15. The van der Waals surface area contributed by atoms with Crippen LogP contribution in [0.1, 0.15) is 50.2 Å². The van der Waals surface area contributed by atoms with Crippen molar-refractivity contribution in [2.45, 2.75) is 45.4 Å². The van der Waals surface area contributed by atoms with Crippen molar-refractivity contribution in [2.24, 2.45) is 0 Å². The first-order valence-electron chi connectivity index (χ1n) is 6.56. The molecule has 0 aromatic heterocycles. The Kier molecular flexibility index (Phi) is 6.44. The molecule has 0 heterocycles. The highest BCUT2D eigenvalue weighted by molar-refractivity contribution is 5.78. The summed E-state index contributed by atoms with van der Waals surface area (Å²) in [6.07, 6.45) is 4.00. The van der Waals surface area contributed by atoms with E-state index in [2.05, 4.69) is 22.8 Å². The summed E-state index contributed by atoms with van der Waals surface area (Å²) in [5.41, 5.74) is 2.30. The molecule has 18 heavy (non-hydrogen) atoms. The summed E-state index contributed by atoms with van der Waals surface area (Å²) in [5.74, 6) is -0.554. The van der Waals surface area contributed by atoms with Gasteiger partial charge in [0.25, 0.3) is 0 Å². The van der Waals surface area contributed by atoms with Crippen molar-refractivity contribution in [2.75, 3.05) is 7.11 Å². The van der Waals surface area contributed by atoms with Crippen molar-refractivity contribution in [1.29, 1.82) is 0 Å². The third-order valence-corrected chi connectivity index (χ3v) is 3.09. The summed E-state index contributed by atoms with van der Waals surface area (Å²) in [6, 6.07) is 8.08. The van der Waals surface area contributed by atoms with Crippen LogP contribution in [-0.2, 0) is 21.0 Å². The number of aryl methyl sites for hydroxylation is 1. The highest BCUT2D eigenvalue weighted by Gasteiger charge is 2.23. The number of carbonyl (C=O) groups is 1. The maximum Gasteiger partial charge on any atom is 0.349 e. The number of hydrogen-bond donors (Lipinski definition) is 0. The molecule has 0 amide bonds. The minimum atomic E-state index is -0.316. The fourth-order valence-electron chi connectivity index (χ4n) is 2.12. The van der Waals surface area contributed by atoms with Gasteiger partial charge in [-0.1, -0.05) is 44.5 Å². The van der Waals surface area contributed by atoms with Crippen LogP contribution in [0.2, 0.25) is 0 Å². The van der Waals surface area contributed by atoms with Crippen LogP contribution in [0.5, 0.6) is 0 Å². The van der Waals surface area contributed by atoms with Crippen molar-refractivity contribution < 1.29 is 14.6 Å². The molecule has 0 fully saturated rings. The molecule has 0 saturated carbocycles. The zero-order chi connectivity index (χ0) is 13.4. The van der Waals surface area contributed by atoms with Crippen LogP contribution in [0, 0.1) is 0 Å². The van der Waals surface area contributed by atoms with E-state index in [0.717, 1.165) is 24.8 Å². The van der Waals surface area contributed by atoms with Gasteiger partial charge in [-0.2, -0.15) is 4.89 Å². The van der Waals surface area contributed by atoms with Gasteiger partial charge in [-0.25, -0.2) is 4.79 Å². The first-order valence-corrected chi connectivity index (χ1v) is 6.56. The van der Waals surface area contributed by atoms with E-state index in [1.807, 2.05) is 25.1 Å². The Morgan fingerprint density at radius 2 is 2.00 bits per heavy atom. The number of rotatable bonds is 7. The average Bonchev–Trinajstić information content (AvgIpc) is 2.39. The van der Waals surface area contributed by atoms with Gasteiger partial charge in [-0.05, 0) is 30.4 Å². The van der Waals surface area contributed by atoms with Crippen molar-refractivity contribution in [3.63, 3.8) is 0 Å². The fraction of sp³-hybridized carbons (Fsp3) is 0.533. The molecule has 1 unspecified atom stereocenters. The normalized spacial score (nSPS) is 12.2. The largest absolute Gasteiger partial charge is 0.349 e. The molecule has 1 aromatic carbocycles. The molecule has 0 aliphatic carbocycles. The lowest BCUT2D eigenvalue weighted by Crippen LogP contribution is -2.16. The summed E-state index contributed by atoms with van der Waals surface area (Å²) in [7, 11) is 1.35. The Labute approximate surface area is 109 Å². The molecule has 1 aromatic rings. The second-order valence-corrected chi connectivity index (χ2v) is 4.33. The topological polar surface area (TPSA) is 35.5 Å². The Morgan fingerprint density at radius 1 is 1.28 bits per heavy atom. The first kappa shape index (κ1) is 14.7. The second kappa shape index (κ2) is 7.88. The third kappa shape index (κ3) is 3.84. The van der Waals surface area contributed by atoms with Crippen LogP contribution in [0.4, 0.5) is 0 Å². The van der Waals surface area contributed by atoms with E-state index >= 15 is 0 Å². The maximum atomic E-state index is 11.9. The minimum Gasteiger partial charge on any atom is -0.298 e. The van der Waals surface area contributed by atoms with E-state index in [-0.39, 0.29) is 11.9 Å². The smallest absolute Gasteiger partial charge is 0.298 e. The highest BCUT2D eigenvalue weighted by atomic mass is 17.2. The zero-order valence-electron chi connectivity index (χ0n) is 11.4. The molecule has 3 heteroatoms. The van der Waals surface area contributed by atoms with Crippen LogP contribution in [0.25, 0.3) is 0 Å². The number of unbranched alkanes of at least 4 members (excludes halogenated alkanes) is 1. The molecule has 0 radical (unpaired) electrons. The van der Waals surface area contributed by atoms with Gasteiger partial charge >= 0.3 is 5.97 Å². The van der Waals surface area contributed by atoms with Gasteiger partial charge in [0.2, 0.25) is 0 Å². The third-order valence-electron chi connectivity index (χ3n) is 3.09. The van der Waals surface area contributed by atoms with Gasteiger partial charge in [0.1, 0.15) is 0 Å². The molecule has 100 valence electrons. The van der Waals surface area contributed by atoms with Crippen molar-refractivity contribution in [3.05, 3.63) is 35.4 Å². The van der Waals surface area contributed by atoms with Crippen molar-refractivity contribution in [3.8, 4) is 0 Å². The number of hydrogen-bond acceptors (Lipinski definition) is 3. The van der Waals surface area contributed by atoms with Gasteiger partial charge in [0.15, 0.2) is 0 Å². The van der Waals surface area contributed by atoms with Gasteiger partial charge < -0.3 is 0 Å². The maximum absolute atomic E-state index is 11.9. The second-order valence-electron chi connectivity index (χ2n) is 4.33. The summed E-state index contributed by atoms with van der Waals surface area (Å²) in [5, 5.41) is 0. The monoisotopic (exact) mass is 250 g/mol. The van der Waals surface area contributed by atoms with Crippen LogP contribution in [0.3, 0.4) is 0 Å². The molecule has 0 bridgehead atoms. The summed E-state index contributed by atoms with van der Waals surface area (Å²) >= 11 is 0. The molecule has 0 N–H and O–H groups in total. The predicted octanol–water partition coefficient (Wildman–Crippen LogP) is 3.63. The van der Waals surface area contributed by atoms with Crippen LogP contribution < -0.4 is 0 Å². The van der Waals surface area contributed by atoms with Crippen molar-refractivity contribution >= 4 is 5.97 Å². The van der Waals surface area contributed by atoms with E-state index in [1.54, 1.807) is 0 Å². The average molecular weight is 250 g/mol. The standard InChI is InChI=1S/C15H22O3/c1-4-6-9-12-10-7-8-11-14(12)13(5-2)15(16)18-17-3/h7-8,10-11,13H,4-6,9H2,1-3H3. The lowest BCUT2D eigenvalue weighted by atomic mass is 9.90.